The molecule has 1 aliphatic rings. The zero-order valence-corrected chi connectivity index (χ0v) is 15.0. The lowest BCUT2D eigenvalue weighted by atomic mass is 9.80. The summed E-state index contributed by atoms with van der Waals surface area (Å²) in [5.41, 5.74) is 2.49. The van der Waals surface area contributed by atoms with Crippen LogP contribution in [0.5, 0.6) is 0 Å². The van der Waals surface area contributed by atoms with Crippen molar-refractivity contribution < 1.29 is 9.53 Å². The molecule has 2 aromatic carbocycles. The fraction of sp³-hybridized carbons (Fsp3) is 0.318. The number of hydrogen-bond acceptors (Lipinski definition) is 3. The third-order valence-electron chi connectivity index (χ3n) is 4.85. The van der Waals surface area contributed by atoms with E-state index in [0.29, 0.717) is 6.61 Å². The molecule has 0 bridgehead atoms. The highest BCUT2D eigenvalue weighted by Crippen LogP contribution is 2.43. The van der Waals surface area contributed by atoms with Gasteiger partial charge in [0.15, 0.2) is 0 Å². The Balaban J connectivity index is 2.01. The fourth-order valence-electron chi connectivity index (χ4n) is 3.58. The SMILES string of the molecule is CCOC(=O)[C@]1(C(C)C)N[C@H](/C=C/c2ccccc2)c2ccccc21. The topological polar surface area (TPSA) is 38.3 Å². The molecule has 2 atom stereocenters. The van der Waals surface area contributed by atoms with Crippen LogP contribution in [0.1, 0.15) is 43.5 Å². The van der Waals surface area contributed by atoms with Crippen molar-refractivity contribution in [3.05, 3.63) is 77.4 Å². The van der Waals surface area contributed by atoms with Crippen molar-refractivity contribution in [1.82, 2.24) is 5.32 Å². The lowest BCUT2D eigenvalue weighted by Crippen LogP contribution is -2.50. The van der Waals surface area contributed by atoms with Gasteiger partial charge in [-0.05, 0) is 29.5 Å². The van der Waals surface area contributed by atoms with Gasteiger partial charge in [-0.2, -0.15) is 0 Å². The van der Waals surface area contributed by atoms with E-state index < -0.39 is 5.54 Å². The molecule has 130 valence electrons. The van der Waals surface area contributed by atoms with Gasteiger partial charge in [0.05, 0.1) is 12.6 Å². The highest BCUT2D eigenvalue weighted by molar-refractivity contribution is 5.85. The molecule has 0 aromatic heterocycles. The van der Waals surface area contributed by atoms with Gasteiger partial charge in [-0.15, -0.1) is 0 Å². The summed E-state index contributed by atoms with van der Waals surface area (Å²) in [4.78, 5) is 12.9. The maximum absolute atomic E-state index is 12.9. The summed E-state index contributed by atoms with van der Waals surface area (Å²) in [7, 11) is 0. The summed E-state index contributed by atoms with van der Waals surface area (Å²) in [6.07, 6.45) is 4.22. The Morgan fingerprint density at radius 1 is 1.16 bits per heavy atom. The second kappa shape index (κ2) is 7.24. The number of benzene rings is 2. The van der Waals surface area contributed by atoms with Gasteiger partial charge in [-0.25, -0.2) is 4.79 Å². The van der Waals surface area contributed by atoms with Crippen molar-refractivity contribution >= 4 is 12.0 Å². The minimum Gasteiger partial charge on any atom is -0.464 e. The zero-order chi connectivity index (χ0) is 17.9. The Hall–Kier alpha value is -2.39. The average Bonchev–Trinajstić information content (AvgIpc) is 2.97. The smallest absolute Gasteiger partial charge is 0.331 e. The van der Waals surface area contributed by atoms with Crippen LogP contribution in [-0.2, 0) is 15.1 Å². The van der Waals surface area contributed by atoms with Crippen LogP contribution in [0, 0.1) is 5.92 Å². The van der Waals surface area contributed by atoms with Crippen LogP contribution in [0.25, 0.3) is 6.08 Å². The number of ether oxygens (including phenoxy) is 1. The van der Waals surface area contributed by atoms with E-state index in [9.17, 15) is 4.79 Å². The molecule has 0 aliphatic carbocycles. The molecule has 0 amide bonds. The molecule has 3 rings (SSSR count). The number of hydrogen-bond donors (Lipinski definition) is 1. The van der Waals surface area contributed by atoms with Gasteiger partial charge in [0.1, 0.15) is 5.54 Å². The van der Waals surface area contributed by atoms with Crippen molar-refractivity contribution in [3.63, 3.8) is 0 Å². The Morgan fingerprint density at radius 3 is 2.52 bits per heavy atom. The highest BCUT2D eigenvalue weighted by atomic mass is 16.5. The van der Waals surface area contributed by atoms with E-state index in [4.69, 9.17) is 4.74 Å². The number of fused-ring (bicyclic) bond motifs is 1. The van der Waals surface area contributed by atoms with E-state index in [1.165, 1.54) is 0 Å². The van der Waals surface area contributed by atoms with Gasteiger partial charge >= 0.3 is 5.97 Å². The number of nitrogens with one attached hydrogen (secondary N) is 1. The minimum atomic E-state index is -0.807. The van der Waals surface area contributed by atoms with E-state index in [2.05, 4.69) is 49.5 Å². The number of rotatable bonds is 5. The maximum atomic E-state index is 12.9. The van der Waals surface area contributed by atoms with Crippen molar-refractivity contribution in [1.29, 1.82) is 0 Å². The van der Waals surface area contributed by atoms with Gasteiger partial charge in [0.25, 0.3) is 0 Å². The predicted molar refractivity (Wildman–Crippen MR) is 101 cm³/mol. The first-order valence-corrected chi connectivity index (χ1v) is 8.87. The molecule has 0 fully saturated rings. The summed E-state index contributed by atoms with van der Waals surface area (Å²) in [5, 5.41) is 3.56. The molecule has 2 aromatic rings. The summed E-state index contributed by atoms with van der Waals surface area (Å²) in [6.45, 7) is 6.34. The number of carbonyl (C=O) groups excluding carboxylic acids is 1. The third kappa shape index (κ3) is 3.12. The summed E-state index contributed by atoms with van der Waals surface area (Å²) >= 11 is 0. The van der Waals surface area contributed by atoms with E-state index in [0.717, 1.165) is 16.7 Å². The summed E-state index contributed by atoms with van der Waals surface area (Å²) in [5.74, 6) is -0.129. The molecule has 0 spiro atoms. The normalized spacial score (nSPS) is 22.3. The van der Waals surface area contributed by atoms with E-state index in [-0.39, 0.29) is 17.9 Å². The lowest BCUT2D eigenvalue weighted by Gasteiger charge is -2.33. The monoisotopic (exact) mass is 335 g/mol. The van der Waals surface area contributed by atoms with Crippen LogP contribution >= 0.6 is 0 Å². The molecule has 0 saturated carbocycles. The molecule has 1 heterocycles. The highest BCUT2D eigenvalue weighted by Gasteiger charge is 2.51. The molecule has 1 aliphatic heterocycles. The van der Waals surface area contributed by atoms with Crippen molar-refractivity contribution in [2.45, 2.75) is 32.4 Å². The molecule has 25 heavy (non-hydrogen) atoms. The molecule has 1 N–H and O–H groups in total. The first-order chi connectivity index (χ1) is 12.1. The molecule has 0 saturated heterocycles. The van der Waals surface area contributed by atoms with Crippen LogP contribution in [0.4, 0.5) is 0 Å². The molecule has 0 unspecified atom stereocenters. The van der Waals surface area contributed by atoms with Crippen LogP contribution in [-0.4, -0.2) is 12.6 Å². The second-order valence-electron chi connectivity index (χ2n) is 6.66. The van der Waals surface area contributed by atoms with Crippen LogP contribution in [0.3, 0.4) is 0 Å². The first-order valence-electron chi connectivity index (χ1n) is 8.87. The number of esters is 1. The molecule has 0 radical (unpaired) electrons. The average molecular weight is 335 g/mol. The van der Waals surface area contributed by atoms with Crippen LogP contribution < -0.4 is 5.32 Å². The van der Waals surface area contributed by atoms with E-state index in [1.54, 1.807) is 0 Å². The van der Waals surface area contributed by atoms with Gasteiger partial charge in [-0.3, -0.25) is 5.32 Å². The van der Waals surface area contributed by atoms with Gasteiger partial charge in [0.2, 0.25) is 0 Å². The zero-order valence-electron chi connectivity index (χ0n) is 15.0. The standard InChI is InChI=1S/C22H25NO2/c1-4-25-21(24)22(16(2)3)19-13-9-8-12-18(19)20(23-22)15-14-17-10-6-5-7-11-17/h5-16,20,23H,4H2,1-3H3/b15-14+/t20-,22-/m1/s1. The largest absolute Gasteiger partial charge is 0.464 e. The fourth-order valence-corrected chi connectivity index (χ4v) is 3.58. The Bertz CT molecular complexity index is 767. The summed E-state index contributed by atoms with van der Waals surface area (Å²) < 4.78 is 5.43. The van der Waals surface area contributed by atoms with Gasteiger partial charge < -0.3 is 4.74 Å². The van der Waals surface area contributed by atoms with Gasteiger partial charge in [0, 0.05) is 0 Å². The molecular weight excluding hydrogens is 310 g/mol. The predicted octanol–water partition coefficient (Wildman–Crippen LogP) is 4.46. The van der Waals surface area contributed by atoms with Crippen LogP contribution in [0.15, 0.2) is 60.7 Å². The van der Waals surface area contributed by atoms with Gasteiger partial charge in [-0.1, -0.05) is 80.6 Å². The Kier molecular flexibility index (Phi) is 5.05. The van der Waals surface area contributed by atoms with E-state index in [1.807, 2.05) is 43.3 Å². The lowest BCUT2D eigenvalue weighted by molar-refractivity contribution is -0.153. The third-order valence-corrected chi connectivity index (χ3v) is 4.85. The Morgan fingerprint density at radius 2 is 1.84 bits per heavy atom. The minimum absolute atomic E-state index is 0.0248. The maximum Gasteiger partial charge on any atom is 0.331 e. The first kappa shape index (κ1) is 17.4. The Labute approximate surface area is 149 Å². The number of carbonyl (C=O) groups is 1. The van der Waals surface area contributed by atoms with Crippen molar-refractivity contribution in [3.8, 4) is 0 Å². The molecule has 3 nitrogen and oxygen atoms in total. The molecule has 3 heteroatoms. The molecular formula is C22H25NO2. The van der Waals surface area contributed by atoms with Crippen LogP contribution in [0.2, 0.25) is 0 Å². The summed E-state index contributed by atoms with van der Waals surface area (Å²) in [6, 6.07) is 18.3. The quantitative estimate of drug-likeness (QED) is 0.820. The van der Waals surface area contributed by atoms with Crippen molar-refractivity contribution in [2.24, 2.45) is 5.92 Å². The van der Waals surface area contributed by atoms with Crippen molar-refractivity contribution in [2.75, 3.05) is 6.61 Å². The second-order valence-corrected chi connectivity index (χ2v) is 6.66. The van der Waals surface area contributed by atoms with E-state index >= 15 is 0 Å².